The van der Waals surface area contributed by atoms with Gasteiger partial charge in [0, 0.05) is 23.4 Å². The lowest BCUT2D eigenvalue weighted by molar-refractivity contribution is 0.0208. The van der Waals surface area contributed by atoms with Crippen LogP contribution < -0.4 is 14.8 Å². The minimum Gasteiger partial charge on any atom is -0.454 e. The molecule has 0 spiro atoms. The minimum absolute atomic E-state index is 0.0271. The van der Waals surface area contributed by atoms with E-state index in [9.17, 15) is 8.42 Å². The molecule has 2 heterocycles. The third-order valence-corrected chi connectivity index (χ3v) is 7.75. The first-order valence-corrected chi connectivity index (χ1v) is 14.1. The number of hydrogen-bond acceptors (Lipinski definition) is 7. The highest BCUT2D eigenvalue weighted by atomic mass is 32.2. The molecule has 0 saturated carbocycles. The second-order valence-electron chi connectivity index (χ2n) is 9.55. The van der Waals surface area contributed by atoms with Crippen molar-refractivity contribution >= 4 is 21.7 Å². The molecule has 0 atom stereocenters. The normalized spacial score (nSPS) is 13.4. The first-order chi connectivity index (χ1) is 19.2. The molecular formula is C30H27FN4O4S. The Labute approximate surface area is 232 Å². The van der Waals surface area contributed by atoms with E-state index in [-0.39, 0.29) is 33.9 Å². The number of nitrogens with zero attached hydrogens (tertiary/aromatic N) is 2. The van der Waals surface area contributed by atoms with Crippen LogP contribution in [0.25, 0.3) is 11.3 Å². The van der Waals surface area contributed by atoms with Crippen LogP contribution in [0.15, 0.2) is 77.8 Å². The van der Waals surface area contributed by atoms with Gasteiger partial charge in [-0.15, -0.1) is 6.42 Å². The van der Waals surface area contributed by atoms with Gasteiger partial charge >= 0.3 is 0 Å². The number of anilines is 2. The van der Waals surface area contributed by atoms with Crippen molar-refractivity contribution in [3.8, 4) is 35.1 Å². The topological polar surface area (TPSA) is 102 Å². The van der Waals surface area contributed by atoms with E-state index in [1.165, 1.54) is 24.3 Å². The van der Waals surface area contributed by atoms with Crippen molar-refractivity contribution in [2.75, 3.05) is 23.3 Å². The molecule has 5 rings (SSSR count). The molecule has 1 fully saturated rings. The summed E-state index contributed by atoms with van der Waals surface area (Å²) in [7, 11) is -4.04. The summed E-state index contributed by atoms with van der Waals surface area (Å²) in [6, 6.07) is 17.6. The van der Waals surface area contributed by atoms with Crippen molar-refractivity contribution < 1.29 is 22.3 Å². The van der Waals surface area contributed by atoms with Gasteiger partial charge in [0.25, 0.3) is 10.0 Å². The standard InChI is InChI=1S/C30H27FN4O4S/c1-4-20-7-5-6-8-29(20)40(36,37)35-22-10-12-27(25(31)16-22)39-28-15-21(19(2)3)9-11-24(28)26-13-14-32-30(34-26)33-23-17-38-18-23/h1,5-16,19,23,35H,17-18H2,2-3H3,(H,32,33,34). The quantitative estimate of drug-likeness (QED) is 0.251. The summed E-state index contributed by atoms with van der Waals surface area (Å²) in [4.78, 5) is 8.83. The smallest absolute Gasteiger partial charge is 0.263 e. The van der Waals surface area contributed by atoms with Crippen molar-refractivity contribution in [3.63, 3.8) is 0 Å². The van der Waals surface area contributed by atoms with Gasteiger partial charge in [0.2, 0.25) is 5.95 Å². The van der Waals surface area contributed by atoms with Gasteiger partial charge in [0.15, 0.2) is 11.6 Å². The molecule has 0 bridgehead atoms. The molecule has 204 valence electrons. The lowest BCUT2D eigenvalue weighted by Gasteiger charge is -2.26. The van der Waals surface area contributed by atoms with E-state index in [1.54, 1.807) is 24.4 Å². The molecule has 0 aliphatic carbocycles. The molecule has 0 amide bonds. The largest absolute Gasteiger partial charge is 0.454 e. The summed E-state index contributed by atoms with van der Waals surface area (Å²) in [5.41, 5.74) is 2.47. The Bertz CT molecular complexity index is 1700. The minimum atomic E-state index is -4.04. The fraction of sp³-hybridized carbons (Fsp3) is 0.200. The average Bonchev–Trinajstić information content (AvgIpc) is 2.92. The van der Waals surface area contributed by atoms with Crippen LogP contribution >= 0.6 is 0 Å². The van der Waals surface area contributed by atoms with Crippen molar-refractivity contribution in [2.24, 2.45) is 0 Å². The summed E-state index contributed by atoms with van der Waals surface area (Å²) in [6.07, 6.45) is 7.09. The number of rotatable bonds is 9. The number of sulfonamides is 1. The predicted molar refractivity (Wildman–Crippen MR) is 151 cm³/mol. The highest BCUT2D eigenvalue weighted by Crippen LogP contribution is 2.37. The third-order valence-electron chi connectivity index (χ3n) is 6.31. The van der Waals surface area contributed by atoms with Crippen molar-refractivity contribution in [1.82, 2.24) is 9.97 Å². The second kappa shape index (κ2) is 11.3. The van der Waals surface area contributed by atoms with E-state index in [0.29, 0.717) is 36.2 Å². The first kappa shape index (κ1) is 27.1. The van der Waals surface area contributed by atoms with Crippen LogP contribution in [0.5, 0.6) is 11.5 Å². The molecule has 2 N–H and O–H groups in total. The van der Waals surface area contributed by atoms with Crippen LogP contribution in [0.4, 0.5) is 16.0 Å². The highest BCUT2D eigenvalue weighted by molar-refractivity contribution is 7.92. The zero-order chi connectivity index (χ0) is 28.3. The van der Waals surface area contributed by atoms with Crippen molar-refractivity contribution in [1.29, 1.82) is 0 Å². The molecule has 10 heteroatoms. The van der Waals surface area contributed by atoms with Gasteiger partial charge in [-0.3, -0.25) is 4.72 Å². The number of terminal acetylenes is 1. The molecule has 1 aliphatic rings. The number of benzene rings is 3. The lowest BCUT2D eigenvalue weighted by atomic mass is 9.99. The number of nitrogens with one attached hydrogen (secondary N) is 2. The van der Waals surface area contributed by atoms with Crippen molar-refractivity contribution in [3.05, 3.63) is 89.9 Å². The maximum absolute atomic E-state index is 15.3. The fourth-order valence-corrected chi connectivity index (χ4v) is 5.29. The molecule has 0 radical (unpaired) electrons. The van der Waals surface area contributed by atoms with Gasteiger partial charge in [-0.1, -0.05) is 38.0 Å². The molecular weight excluding hydrogens is 531 g/mol. The van der Waals surface area contributed by atoms with Gasteiger partial charge in [-0.25, -0.2) is 22.8 Å². The Hall–Kier alpha value is -4.46. The summed E-state index contributed by atoms with van der Waals surface area (Å²) in [6.45, 7) is 5.28. The number of ether oxygens (including phenoxy) is 2. The molecule has 1 aliphatic heterocycles. The van der Waals surface area contributed by atoms with E-state index in [2.05, 4.69) is 25.9 Å². The summed E-state index contributed by atoms with van der Waals surface area (Å²) < 4.78 is 54.7. The Morgan fingerprint density at radius 1 is 1.07 bits per heavy atom. The molecule has 40 heavy (non-hydrogen) atoms. The van der Waals surface area contributed by atoms with Gasteiger partial charge in [-0.2, -0.15) is 0 Å². The van der Waals surface area contributed by atoms with E-state index in [0.717, 1.165) is 11.6 Å². The molecule has 1 aromatic heterocycles. The van der Waals surface area contributed by atoms with E-state index >= 15 is 4.39 Å². The van der Waals surface area contributed by atoms with Crippen LogP contribution in [0, 0.1) is 18.2 Å². The summed E-state index contributed by atoms with van der Waals surface area (Å²) >= 11 is 0. The van der Waals surface area contributed by atoms with E-state index in [1.807, 2.05) is 32.0 Å². The molecule has 0 unspecified atom stereocenters. The number of halogens is 1. The van der Waals surface area contributed by atoms with Gasteiger partial charge < -0.3 is 14.8 Å². The zero-order valence-corrected chi connectivity index (χ0v) is 22.7. The molecule has 3 aromatic carbocycles. The van der Waals surface area contributed by atoms with Gasteiger partial charge in [0.1, 0.15) is 10.6 Å². The van der Waals surface area contributed by atoms with Crippen molar-refractivity contribution in [2.45, 2.75) is 30.7 Å². The average molecular weight is 559 g/mol. The number of aromatic nitrogens is 2. The van der Waals surface area contributed by atoms with Crippen LogP contribution in [0.1, 0.15) is 30.9 Å². The van der Waals surface area contributed by atoms with Crippen LogP contribution in [-0.4, -0.2) is 37.6 Å². The first-order valence-electron chi connectivity index (χ1n) is 12.6. The summed E-state index contributed by atoms with van der Waals surface area (Å²) in [5.74, 6) is 2.59. The third kappa shape index (κ3) is 5.91. The van der Waals surface area contributed by atoms with Gasteiger partial charge in [0.05, 0.1) is 30.6 Å². The Morgan fingerprint density at radius 2 is 1.88 bits per heavy atom. The predicted octanol–water partition coefficient (Wildman–Crippen LogP) is 5.79. The molecule has 1 saturated heterocycles. The summed E-state index contributed by atoms with van der Waals surface area (Å²) in [5, 5.41) is 3.23. The van der Waals surface area contributed by atoms with Crippen LogP contribution in [0.3, 0.4) is 0 Å². The van der Waals surface area contributed by atoms with Crippen LogP contribution in [0.2, 0.25) is 0 Å². The lowest BCUT2D eigenvalue weighted by Crippen LogP contribution is -2.40. The fourth-order valence-electron chi connectivity index (χ4n) is 4.07. The van der Waals surface area contributed by atoms with E-state index in [4.69, 9.17) is 15.9 Å². The highest BCUT2D eigenvalue weighted by Gasteiger charge is 2.21. The van der Waals surface area contributed by atoms with Gasteiger partial charge in [-0.05, 0) is 53.9 Å². The molecule has 4 aromatic rings. The Balaban J connectivity index is 1.43. The SMILES string of the molecule is C#Cc1ccccc1S(=O)(=O)Nc1ccc(Oc2cc(C(C)C)ccc2-c2ccnc(NC3COC3)n2)c(F)c1. The monoisotopic (exact) mass is 558 g/mol. The van der Waals surface area contributed by atoms with Crippen LogP contribution in [-0.2, 0) is 14.8 Å². The maximum Gasteiger partial charge on any atom is 0.263 e. The molecule has 8 nitrogen and oxygen atoms in total. The second-order valence-corrected chi connectivity index (χ2v) is 11.2. The Morgan fingerprint density at radius 3 is 2.58 bits per heavy atom. The Kier molecular flexibility index (Phi) is 7.69. The van der Waals surface area contributed by atoms with E-state index < -0.39 is 15.8 Å². The zero-order valence-electron chi connectivity index (χ0n) is 21.9. The number of hydrogen-bond donors (Lipinski definition) is 2. The maximum atomic E-state index is 15.3.